The summed E-state index contributed by atoms with van der Waals surface area (Å²) in [7, 11) is 0. The van der Waals surface area contributed by atoms with E-state index in [0.29, 0.717) is 5.56 Å². The molecule has 0 radical (unpaired) electrons. The lowest BCUT2D eigenvalue weighted by atomic mass is 9.96. The normalized spacial score (nSPS) is 17.7. The van der Waals surface area contributed by atoms with E-state index in [4.69, 9.17) is 0 Å². The third-order valence-electron chi connectivity index (χ3n) is 3.84. The molecule has 0 bridgehead atoms. The van der Waals surface area contributed by atoms with E-state index < -0.39 is 0 Å². The summed E-state index contributed by atoms with van der Waals surface area (Å²) >= 11 is 4.32. The molecular formula is C17H17NOS. The molecule has 2 aromatic carbocycles. The minimum atomic E-state index is 0.0561. The van der Waals surface area contributed by atoms with Gasteiger partial charge in [0.1, 0.15) is 0 Å². The van der Waals surface area contributed by atoms with Crippen LogP contribution in [-0.4, -0.2) is 11.9 Å². The maximum absolute atomic E-state index is 12.8. The molecule has 1 aliphatic rings. The van der Waals surface area contributed by atoms with E-state index in [0.717, 1.165) is 23.4 Å². The fourth-order valence-electron chi connectivity index (χ4n) is 2.78. The van der Waals surface area contributed by atoms with Crippen molar-refractivity contribution in [2.75, 3.05) is 4.90 Å². The van der Waals surface area contributed by atoms with Crippen LogP contribution in [0.3, 0.4) is 0 Å². The van der Waals surface area contributed by atoms with E-state index in [-0.39, 0.29) is 11.9 Å². The van der Waals surface area contributed by atoms with Gasteiger partial charge in [0.15, 0.2) is 0 Å². The van der Waals surface area contributed by atoms with Gasteiger partial charge in [-0.15, -0.1) is 12.6 Å². The summed E-state index contributed by atoms with van der Waals surface area (Å²) in [6, 6.07) is 15.8. The number of hydrogen-bond donors (Lipinski definition) is 1. The number of benzene rings is 2. The molecule has 3 rings (SSSR count). The van der Waals surface area contributed by atoms with Gasteiger partial charge in [0.05, 0.1) is 0 Å². The highest BCUT2D eigenvalue weighted by molar-refractivity contribution is 7.80. The van der Waals surface area contributed by atoms with Crippen molar-refractivity contribution in [1.29, 1.82) is 0 Å². The molecule has 20 heavy (non-hydrogen) atoms. The highest BCUT2D eigenvalue weighted by atomic mass is 32.1. The maximum atomic E-state index is 12.8. The molecule has 1 atom stereocenters. The van der Waals surface area contributed by atoms with Gasteiger partial charge >= 0.3 is 0 Å². The first-order chi connectivity index (χ1) is 9.66. The number of anilines is 1. The first-order valence-electron chi connectivity index (χ1n) is 6.87. The highest BCUT2D eigenvalue weighted by Gasteiger charge is 2.28. The monoisotopic (exact) mass is 283 g/mol. The van der Waals surface area contributed by atoms with E-state index in [1.165, 1.54) is 5.56 Å². The molecule has 102 valence electrons. The second-order valence-corrected chi connectivity index (χ2v) is 5.76. The van der Waals surface area contributed by atoms with Crippen molar-refractivity contribution >= 4 is 24.2 Å². The lowest BCUT2D eigenvalue weighted by molar-refractivity contribution is 0.0975. The van der Waals surface area contributed by atoms with Gasteiger partial charge in [-0.05, 0) is 49.6 Å². The summed E-state index contributed by atoms with van der Waals surface area (Å²) in [5.41, 5.74) is 2.99. The Hall–Kier alpha value is -1.74. The zero-order valence-electron chi connectivity index (χ0n) is 11.4. The molecule has 0 saturated carbocycles. The second-order valence-electron chi connectivity index (χ2n) is 5.24. The Bertz CT molecular complexity index is 653. The Morgan fingerprint density at radius 2 is 2.00 bits per heavy atom. The van der Waals surface area contributed by atoms with Crippen molar-refractivity contribution < 1.29 is 4.79 Å². The van der Waals surface area contributed by atoms with Gasteiger partial charge in [-0.25, -0.2) is 0 Å². The van der Waals surface area contributed by atoms with Gasteiger partial charge in [0.2, 0.25) is 0 Å². The summed E-state index contributed by atoms with van der Waals surface area (Å²) < 4.78 is 0. The van der Waals surface area contributed by atoms with Gasteiger partial charge in [-0.2, -0.15) is 0 Å². The average molecular weight is 283 g/mol. The average Bonchev–Trinajstić information content (AvgIpc) is 2.46. The van der Waals surface area contributed by atoms with Crippen LogP contribution in [0.15, 0.2) is 53.4 Å². The number of para-hydroxylation sites is 1. The third kappa shape index (κ3) is 2.34. The van der Waals surface area contributed by atoms with Crippen LogP contribution >= 0.6 is 12.6 Å². The van der Waals surface area contributed by atoms with Crippen LogP contribution in [0.4, 0.5) is 5.69 Å². The van der Waals surface area contributed by atoms with Crippen molar-refractivity contribution in [3.8, 4) is 0 Å². The van der Waals surface area contributed by atoms with E-state index >= 15 is 0 Å². The number of aryl methyl sites for hydroxylation is 1. The summed E-state index contributed by atoms with van der Waals surface area (Å²) in [5.74, 6) is 0.0561. The Morgan fingerprint density at radius 1 is 1.20 bits per heavy atom. The molecule has 0 aliphatic carbocycles. The van der Waals surface area contributed by atoms with Crippen LogP contribution in [0, 0.1) is 0 Å². The predicted octanol–water partition coefficient (Wildman–Crippen LogP) is 3.96. The zero-order chi connectivity index (χ0) is 14.1. The van der Waals surface area contributed by atoms with Crippen molar-refractivity contribution in [2.24, 2.45) is 0 Å². The quantitative estimate of drug-likeness (QED) is 0.786. The maximum Gasteiger partial charge on any atom is 0.258 e. The fourth-order valence-corrected chi connectivity index (χ4v) is 3.00. The van der Waals surface area contributed by atoms with Gasteiger partial charge in [-0.3, -0.25) is 4.79 Å². The molecule has 1 heterocycles. The summed E-state index contributed by atoms with van der Waals surface area (Å²) in [5, 5.41) is 0. The van der Waals surface area contributed by atoms with Crippen LogP contribution in [0.2, 0.25) is 0 Å². The molecule has 1 aliphatic heterocycles. The number of thiol groups is 1. The van der Waals surface area contributed by atoms with Crippen LogP contribution in [0.5, 0.6) is 0 Å². The van der Waals surface area contributed by atoms with Crippen LogP contribution in [0.1, 0.15) is 29.3 Å². The van der Waals surface area contributed by atoms with Gasteiger partial charge in [0, 0.05) is 22.2 Å². The Balaban J connectivity index is 2.03. The molecule has 0 fully saturated rings. The van der Waals surface area contributed by atoms with E-state index in [1.54, 1.807) is 0 Å². The molecule has 0 aromatic heterocycles. The molecule has 1 amide bonds. The van der Waals surface area contributed by atoms with Gasteiger partial charge < -0.3 is 4.90 Å². The van der Waals surface area contributed by atoms with Crippen LogP contribution in [-0.2, 0) is 6.42 Å². The molecule has 2 nitrogen and oxygen atoms in total. The Labute approximate surface area is 124 Å². The van der Waals surface area contributed by atoms with E-state index in [9.17, 15) is 4.79 Å². The molecule has 1 unspecified atom stereocenters. The van der Waals surface area contributed by atoms with E-state index in [1.807, 2.05) is 47.4 Å². The van der Waals surface area contributed by atoms with E-state index in [2.05, 4.69) is 25.6 Å². The number of hydrogen-bond acceptors (Lipinski definition) is 2. The summed E-state index contributed by atoms with van der Waals surface area (Å²) in [4.78, 5) is 15.5. The molecule has 2 aromatic rings. The minimum absolute atomic E-state index is 0.0561. The molecular weight excluding hydrogens is 266 g/mol. The minimum Gasteiger partial charge on any atom is -0.305 e. The number of fused-ring (bicyclic) bond motifs is 1. The van der Waals surface area contributed by atoms with Crippen LogP contribution < -0.4 is 4.90 Å². The van der Waals surface area contributed by atoms with Crippen molar-refractivity contribution in [3.63, 3.8) is 0 Å². The third-order valence-corrected chi connectivity index (χ3v) is 4.11. The smallest absolute Gasteiger partial charge is 0.258 e. The van der Waals surface area contributed by atoms with Crippen molar-refractivity contribution in [2.45, 2.75) is 30.7 Å². The highest BCUT2D eigenvalue weighted by Crippen LogP contribution is 2.31. The number of carbonyl (C=O) groups is 1. The number of nitrogens with zero attached hydrogens (tertiary/aromatic N) is 1. The Kier molecular flexibility index (Phi) is 3.53. The van der Waals surface area contributed by atoms with Crippen molar-refractivity contribution in [3.05, 3.63) is 59.7 Å². The SMILES string of the molecule is CC1CCc2ccccc2N1C(=O)c1cccc(S)c1. The number of amides is 1. The number of rotatable bonds is 1. The topological polar surface area (TPSA) is 20.3 Å². The zero-order valence-corrected chi connectivity index (χ0v) is 12.3. The van der Waals surface area contributed by atoms with Gasteiger partial charge in [-0.1, -0.05) is 24.3 Å². The summed E-state index contributed by atoms with van der Waals surface area (Å²) in [6.45, 7) is 2.11. The summed E-state index contributed by atoms with van der Waals surface area (Å²) in [6.07, 6.45) is 2.04. The fraction of sp³-hybridized carbons (Fsp3) is 0.235. The van der Waals surface area contributed by atoms with Gasteiger partial charge in [0.25, 0.3) is 5.91 Å². The van der Waals surface area contributed by atoms with Crippen molar-refractivity contribution in [1.82, 2.24) is 0 Å². The lowest BCUT2D eigenvalue weighted by Gasteiger charge is -2.35. The second kappa shape index (κ2) is 5.33. The first kappa shape index (κ1) is 13.3. The molecule has 0 spiro atoms. The number of carbonyl (C=O) groups excluding carboxylic acids is 1. The molecule has 0 N–H and O–H groups in total. The van der Waals surface area contributed by atoms with Crippen LogP contribution in [0.25, 0.3) is 0 Å². The largest absolute Gasteiger partial charge is 0.305 e. The first-order valence-corrected chi connectivity index (χ1v) is 7.32. The standard InChI is InChI=1S/C17H17NOS/c1-12-9-10-13-5-2-3-8-16(13)18(12)17(19)14-6-4-7-15(20)11-14/h2-8,11-12,20H,9-10H2,1H3. The Morgan fingerprint density at radius 3 is 2.80 bits per heavy atom. The lowest BCUT2D eigenvalue weighted by Crippen LogP contribution is -2.42. The molecule has 0 saturated heterocycles. The molecule has 3 heteroatoms. The predicted molar refractivity (Wildman–Crippen MR) is 84.7 cm³/mol.